The zero-order chi connectivity index (χ0) is 22.8. The number of allylic oxidation sites excluding steroid dienone is 4. The molecule has 1 aromatic rings. The van der Waals surface area contributed by atoms with E-state index in [1.165, 1.54) is 37.7 Å². The summed E-state index contributed by atoms with van der Waals surface area (Å²) in [6.07, 6.45) is 22.8. The summed E-state index contributed by atoms with van der Waals surface area (Å²) in [5, 5.41) is 3.58. The van der Waals surface area contributed by atoms with E-state index in [0.717, 1.165) is 29.0 Å². The second-order valence-corrected chi connectivity index (χ2v) is 8.38. The van der Waals surface area contributed by atoms with Gasteiger partial charge in [-0.3, -0.25) is 20.3 Å². The van der Waals surface area contributed by atoms with Crippen LogP contribution in [0.5, 0.6) is 0 Å². The molecule has 5 nitrogen and oxygen atoms in total. The zero-order valence-electron chi connectivity index (χ0n) is 19.2. The Bertz CT molecular complexity index is 931. The first kappa shape index (κ1) is 23.6. The Morgan fingerprint density at radius 1 is 1.34 bits per heavy atom. The van der Waals surface area contributed by atoms with Crippen molar-refractivity contribution in [2.75, 3.05) is 6.67 Å². The first-order valence-corrected chi connectivity index (χ1v) is 11.5. The van der Waals surface area contributed by atoms with Gasteiger partial charge in [0.15, 0.2) is 0 Å². The van der Waals surface area contributed by atoms with Crippen LogP contribution in [0.2, 0.25) is 0 Å². The van der Waals surface area contributed by atoms with E-state index in [1.807, 2.05) is 24.4 Å². The highest BCUT2D eigenvalue weighted by Crippen LogP contribution is 2.23. The molecule has 2 aliphatic rings. The Hall–Kier alpha value is -3.05. The molecule has 0 bridgehead atoms. The lowest BCUT2D eigenvalue weighted by molar-refractivity contribution is 0.366. The van der Waals surface area contributed by atoms with Crippen molar-refractivity contribution in [2.24, 2.45) is 9.98 Å². The van der Waals surface area contributed by atoms with Gasteiger partial charge in [-0.2, -0.15) is 0 Å². The van der Waals surface area contributed by atoms with Crippen LogP contribution in [0.15, 0.2) is 83.5 Å². The zero-order valence-corrected chi connectivity index (χ0v) is 19.2. The molecule has 1 unspecified atom stereocenters. The van der Waals surface area contributed by atoms with Crippen LogP contribution in [0.25, 0.3) is 6.08 Å². The van der Waals surface area contributed by atoms with Crippen molar-refractivity contribution in [3.8, 4) is 0 Å². The van der Waals surface area contributed by atoms with Crippen LogP contribution in [-0.2, 0) is 6.42 Å². The summed E-state index contributed by atoms with van der Waals surface area (Å²) < 4.78 is 0. The normalized spacial score (nSPS) is 18.7. The molecule has 0 amide bonds. The van der Waals surface area contributed by atoms with Crippen molar-refractivity contribution in [2.45, 2.75) is 57.5 Å². The second kappa shape index (κ2) is 12.1. The Morgan fingerprint density at radius 3 is 2.88 bits per heavy atom. The molecular weight excluding hydrogens is 394 g/mol. The predicted octanol–water partition coefficient (Wildman–Crippen LogP) is 5.46. The standard InChI is InChI=1S/C27H35N5/c1-5-23-11-15-29-19-25(23)18-22(3)32-16-13-24(17-21(32)2)27(12-14-28-4)31-20-30-26-9-7-6-8-10-26/h5,11-17,19,22,26,30H,1-2,4,6-10,18,20H2,3H3/b14-12-,31-27+. The van der Waals surface area contributed by atoms with Gasteiger partial charge >= 0.3 is 0 Å². The topological polar surface area (TPSA) is 52.9 Å². The number of nitrogens with one attached hydrogen (secondary N) is 1. The first-order chi connectivity index (χ1) is 15.6. The molecule has 1 aliphatic carbocycles. The summed E-state index contributed by atoms with van der Waals surface area (Å²) in [5.41, 5.74) is 5.15. The summed E-state index contributed by atoms with van der Waals surface area (Å²) >= 11 is 0. The molecule has 2 heterocycles. The number of rotatable bonds is 10. The van der Waals surface area contributed by atoms with Crippen LogP contribution in [-0.4, -0.2) is 41.1 Å². The smallest absolute Gasteiger partial charge is 0.0894 e. The number of aromatic nitrogens is 1. The fourth-order valence-corrected chi connectivity index (χ4v) is 4.30. The fraction of sp³-hybridized carbons (Fsp3) is 0.370. The van der Waals surface area contributed by atoms with Gasteiger partial charge in [0, 0.05) is 48.1 Å². The molecule has 32 heavy (non-hydrogen) atoms. The van der Waals surface area contributed by atoms with Gasteiger partial charge in [0.1, 0.15) is 0 Å². The Balaban J connectivity index is 1.67. The molecule has 168 valence electrons. The molecule has 3 rings (SSSR count). The number of pyridine rings is 1. The van der Waals surface area contributed by atoms with Crippen LogP contribution in [0.1, 0.15) is 50.2 Å². The van der Waals surface area contributed by atoms with E-state index in [4.69, 9.17) is 4.99 Å². The molecule has 5 heteroatoms. The summed E-state index contributed by atoms with van der Waals surface area (Å²) in [5.74, 6) is 0. The van der Waals surface area contributed by atoms with Crippen molar-refractivity contribution in [3.63, 3.8) is 0 Å². The van der Waals surface area contributed by atoms with Gasteiger partial charge in [-0.05, 0) is 68.3 Å². The van der Waals surface area contributed by atoms with Crippen LogP contribution < -0.4 is 5.32 Å². The van der Waals surface area contributed by atoms with Gasteiger partial charge in [-0.1, -0.05) is 38.5 Å². The first-order valence-electron chi connectivity index (χ1n) is 11.5. The molecule has 0 aromatic carbocycles. The van der Waals surface area contributed by atoms with Crippen molar-refractivity contribution in [1.29, 1.82) is 0 Å². The van der Waals surface area contributed by atoms with Gasteiger partial charge < -0.3 is 4.90 Å². The third-order valence-electron chi connectivity index (χ3n) is 6.09. The number of aliphatic imine (C=N–C) groups is 2. The number of hydrogen-bond acceptors (Lipinski definition) is 5. The van der Waals surface area contributed by atoms with Crippen LogP contribution >= 0.6 is 0 Å². The third-order valence-corrected chi connectivity index (χ3v) is 6.09. The minimum Gasteiger partial charge on any atom is -0.345 e. The molecule has 1 atom stereocenters. The fourth-order valence-electron chi connectivity index (χ4n) is 4.30. The highest BCUT2D eigenvalue weighted by molar-refractivity contribution is 6.10. The van der Waals surface area contributed by atoms with Gasteiger partial charge in [0.2, 0.25) is 0 Å². The van der Waals surface area contributed by atoms with Crippen molar-refractivity contribution in [1.82, 2.24) is 15.2 Å². The highest BCUT2D eigenvalue weighted by Gasteiger charge is 2.18. The van der Waals surface area contributed by atoms with Crippen molar-refractivity contribution < 1.29 is 0 Å². The monoisotopic (exact) mass is 429 g/mol. The number of hydrogen-bond donors (Lipinski definition) is 1. The molecule has 0 spiro atoms. The van der Waals surface area contributed by atoms with E-state index < -0.39 is 0 Å². The quantitative estimate of drug-likeness (QED) is 0.503. The van der Waals surface area contributed by atoms with Crippen LogP contribution in [0.4, 0.5) is 0 Å². The average Bonchev–Trinajstić information content (AvgIpc) is 2.82. The van der Waals surface area contributed by atoms with Crippen LogP contribution in [0.3, 0.4) is 0 Å². The van der Waals surface area contributed by atoms with E-state index in [-0.39, 0.29) is 6.04 Å². The molecule has 0 saturated heterocycles. The number of nitrogens with zero attached hydrogens (tertiary/aromatic N) is 4. The predicted molar refractivity (Wildman–Crippen MR) is 137 cm³/mol. The van der Waals surface area contributed by atoms with Crippen molar-refractivity contribution in [3.05, 3.63) is 84.6 Å². The van der Waals surface area contributed by atoms with E-state index in [0.29, 0.717) is 12.7 Å². The lowest BCUT2D eigenvalue weighted by atomic mass is 9.96. The van der Waals surface area contributed by atoms with E-state index in [2.05, 4.69) is 65.3 Å². The molecule has 1 fully saturated rings. The molecule has 1 aromatic heterocycles. The summed E-state index contributed by atoms with van der Waals surface area (Å²) in [4.78, 5) is 15.1. The summed E-state index contributed by atoms with van der Waals surface area (Å²) in [6.45, 7) is 14.6. The average molecular weight is 430 g/mol. The maximum absolute atomic E-state index is 4.81. The largest absolute Gasteiger partial charge is 0.345 e. The minimum atomic E-state index is 0.234. The Morgan fingerprint density at radius 2 is 2.16 bits per heavy atom. The molecule has 1 saturated carbocycles. The molecule has 1 N–H and O–H groups in total. The lowest BCUT2D eigenvalue weighted by Gasteiger charge is -2.31. The van der Waals surface area contributed by atoms with Crippen molar-refractivity contribution >= 4 is 18.5 Å². The van der Waals surface area contributed by atoms with Gasteiger partial charge in [-0.25, -0.2) is 0 Å². The van der Waals surface area contributed by atoms with E-state index >= 15 is 0 Å². The molecule has 1 aliphatic heterocycles. The highest BCUT2D eigenvalue weighted by atomic mass is 15.1. The van der Waals surface area contributed by atoms with Gasteiger partial charge in [0.25, 0.3) is 0 Å². The van der Waals surface area contributed by atoms with E-state index in [9.17, 15) is 0 Å². The maximum atomic E-state index is 4.81. The third kappa shape index (κ3) is 6.47. The van der Waals surface area contributed by atoms with E-state index in [1.54, 1.807) is 12.4 Å². The Kier molecular flexibility index (Phi) is 8.93. The molecular formula is C27H35N5. The molecule has 0 radical (unpaired) electrons. The van der Waals surface area contributed by atoms with Gasteiger partial charge in [0.05, 0.1) is 12.4 Å². The summed E-state index contributed by atoms with van der Waals surface area (Å²) in [7, 11) is 0. The SMILES string of the molecule is C=Cc1ccncc1CC(C)N1C=CC(C(/C=C\N=C)=N/CNC2CCCCC2)=CC1=C. The Labute approximate surface area is 192 Å². The maximum Gasteiger partial charge on any atom is 0.0894 e. The van der Waals surface area contributed by atoms with Gasteiger partial charge in [-0.15, -0.1) is 0 Å². The minimum absolute atomic E-state index is 0.234. The second-order valence-electron chi connectivity index (χ2n) is 8.38. The summed E-state index contributed by atoms with van der Waals surface area (Å²) in [6, 6.07) is 2.81. The lowest BCUT2D eigenvalue weighted by Crippen LogP contribution is -2.32. The van der Waals surface area contributed by atoms with Crippen LogP contribution in [0, 0.1) is 0 Å².